The van der Waals surface area contributed by atoms with Gasteiger partial charge in [0.05, 0.1) is 6.54 Å². The Kier molecular flexibility index (Phi) is 4.08. The van der Waals surface area contributed by atoms with Crippen LogP contribution in [-0.2, 0) is 6.54 Å². The predicted octanol–water partition coefficient (Wildman–Crippen LogP) is 4.51. The van der Waals surface area contributed by atoms with Gasteiger partial charge in [-0.05, 0) is 37.1 Å². The lowest BCUT2D eigenvalue weighted by atomic mass is 10.2. The Balaban J connectivity index is 1.65. The van der Waals surface area contributed by atoms with Crippen molar-refractivity contribution >= 4 is 11.8 Å². The topological polar surface area (TPSA) is 25.2 Å². The molecule has 0 bridgehead atoms. The molecule has 3 rings (SSSR count). The van der Waals surface area contributed by atoms with Crippen molar-refractivity contribution in [2.24, 2.45) is 0 Å². The lowest BCUT2D eigenvalue weighted by Gasteiger charge is -2.02. The molecule has 5 heteroatoms. The van der Waals surface area contributed by atoms with E-state index < -0.39 is 5.76 Å². The zero-order chi connectivity index (χ0) is 13.9. The predicted molar refractivity (Wildman–Crippen MR) is 75.9 cm³/mol. The van der Waals surface area contributed by atoms with Crippen molar-refractivity contribution in [3.63, 3.8) is 0 Å². The number of nitrogens with one attached hydrogen (secondary N) is 1. The molecule has 1 aromatic heterocycles. The number of rotatable bonds is 6. The molecule has 1 saturated carbocycles. The van der Waals surface area contributed by atoms with Crippen LogP contribution in [0.3, 0.4) is 0 Å². The van der Waals surface area contributed by atoms with Gasteiger partial charge in [-0.25, -0.2) is 0 Å². The van der Waals surface area contributed by atoms with E-state index >= 15 is 0 Å². The van der Waals surface area contributed by atoms with E-state index in [2.05, 4.69) is 5.32 Å². The van der Waals surface area contributed by atoms with Gasteiger partial charge in [0.2, 0.25) is 0 Å². The van der Waals surface area contributed by atoms with Crippen molar-refractivity contribution in [1.29, 1.82) is 0 Å². The van der Waals surface area contributed by atoms with Crippen LogP contribution in [0.15, 0.2) is 45.7 Å². The van der Waals surface area contributed by atoms with Gasteiger partial charge in [-0.15, -0.1) is 0 Å². The van der Waals surface area contributed by atoms with Gasteiger partial charge < -0.3 is 9.73 Å². The fraction of sp³-hybridized carbons (Fsp3) is 0.333. The summed E-state index contributed by atoms with van der Waals surface area (Å²) in [5.41, 5.74) is 0.904. The molecule has 2 aromatic rings. The minimum Gasteiger partial charge on any atom is -0.460 e. The second-order valence-electron chi connectivity index (χ2n) is 4.82. The number of furan rings is 1. The van der Waals surface area contributed by atoms with E-state index in [0.29, 0.717) is 22.7 Å². The summed E-state index contributed by atoms with van der Waals surface area (Å²) in [6.45, 7) is 0.740. The fourth-order valence-corrected chi connectivity index (χ4v) is 2.46. The Bertz CT molecular complexity index is 564. The van der Waals surface area contributed by atoms with E-state index in [-0.39, 0.29) is 0 Å². The zero-order valence-corrected chi connectivity index (χ0v) is 11.6. The first kappa shape index (κ1) is 13.6. The lowest BCUT2D eigenvalue weighted by molar-refractivity contribution is 0.252. The van der Waals surface area contributed by atoms with E-state index in [1.807, 2.05) is 24.3 Å². The third-order valence-corrected chi connectivity index (χ3v) is 3.89. The smallest absolute Gasteiger partial charge is 0.288 e. The number of thioether (sulfide) groups is 1. The van der Waals surface area contributed by atoms with Crippen molar-refractivity contribution in [1.82, 2.24) is 5.32 Å². The Labute approximate surface area is 120 Å². The Morgan fingerprint density at radius 1 is 1.15 bits per heavy atom. The minimum absolute atomic E-state index is 0.552. The van der Waals surface area contributed by atoms with Crippen molar-refractivity contribution < 1.29 is 13.2 Å². The van der Waals surface area contributed by atoms with Gasteiger partial charge in [-0.3, -0.25) is 0 Å². The summed E-state index contributed by atoms with van der Waals surface area (Å²) in [6.07, 6.45) is 2.49. The molecule has 106 valence electrons. The SMILES string of the molecule is FC(F)Sc1ccc(-c2ccc(CNC3CC3)o2)cc1. The van der Waals surface area contributed by atoms with E-state index in [4.69, 9.17) is 4.42 Å². The van der Waals surface area contributed by atoms with Crippen molar-refractivity contribution in [3.05, 3.63) is 42.2 Å². The maximum Gasteiger partial charge on any atom is 0.288 e. The van der Waals surface area contributed by atoms with Gasteiger partial charge in [0.1, 0.15) is 11.5 Å². The maximum absolute atomic E-state index is 12.2. The van der Waals surface area contributed by atoms with E-state index in [9.17, 15) is 8.78 Å². The summed E-state index contributed by atoms with van der Waals surface area (Å²) in [5, 5.41) is 3.39. The fourth-order valence-electron chi connectivity index (χ4n) is 1.96. The van der Waals surface area contributed by atoms with Crippen LogP contribution in [0.5, 0.6) is 0 Å². The summed E-state index contributed by atoms with van der Waals surface area (Å²) in [5.74, 6) is -0.714. The molecule has 1 heterocycles. The van der Waals surface area contributed by atoms with Gasteiger partial charge in [0.15, 0.2) is 0 Å². The molecule has 0 atom stereocenters. The zero-order valence-electron chi connectivity index (χ0n) is 10.8. The number of alkyl halides is 2. The molecular formula is C15H15F2NOS. The number of benzene rings is 1. The molecule has 0 unspecified atom stereocenters. The van der Waals surface area contributed by atoms with E-state index in [0.717, 1.165) is 23.6 Å². The van der Waals surface area contributed by atoms with Gasteiger partial charge >= 0.3 is 0 Å². The van der Waals surface area contributed by atoms with Crippen LogP contribution in [0.2, 0.25) is 0 Å². The number of halogens is 2. The third-order valence-electron chi connectivity index (χ3n) is 3.17. The standard InChI is InChI=1S/C15H15F2NOS/c16-15(17)20-13-6-1-10(2-7-13)14-8-5-12(19-14)9-18-11-3-4-11/h1-2,5-8,11,15,18H,3-4,9H2. The largest absolute Gasteiger partial charge is 0.460 e. The average molecular weight is 295 g/mol. The van der Waals surface area contributed by atoms with Crippen LogP contribution in [0.4, 0.5) is 8.78 Å². The summed E-state index contributed by atoms with van der Waals surface area (Å²) in [7, 11) is 0. The molecule has 0 saturated heterocycles. The first-order valence-corrected chi connectivity index (χ1v) is 7.46. The molecule has 1 N–H and O–H groups in total. The average Bonchev–Trinajstić information content (AvgIpc) is 3.14. The van der Waals surface area contributed by atoms with Gasteiger partial charge in [0.25, 0.3) is 5.76 Å². The molecule has 1 aliphatic carbocycles. The molecule has 1 aromatic carbocycles. The van der Waals surface area contributed by atoms with Gasteiger partial charge in [-0.1, -0.05) is 23.9 Å². The Morgan fingerprint density at radius 2 is 1.90 bits per heavy atom. The Hall–Kier alpha value is -1.33. The molecule has 0 aliphatic heterocycles. The summed E-state index contributed by atoms with van der Waals surface area (Å²) >= 11 is 0.552. The van der Waals surface area contributed by atoms with E-state index in [1.54, 1.807) is 12.1 Å². The van der Waals surface area contributed by atoms with Crippen LogP contribution in [0, 0.1) is 0 Å². The molecule has 2 nitrogen and oxygen atoms in total. The van der Waals surface area contributed by atoms with Gasteiger partial charge in [0, 0.05) is 16.5 Å². The van der Waals surface area contributed by atoms with Crippen LogP contribution in [0.25, 0.3) is 11.3 Å². The molecule has 20 heavy (non-hydrogen) atoms. The summed E-state index contributed by atoms with van der Waals surface area (Å²) in [6, 6.07) is 11.5. The van der Waals surface area contributed by atoms with Crippen LogP contribution in [-0.4, -0.2) is 11.8 Å². The molecule has 1 fully saturated rings. The third kappa shape index (κ3) is 3.61. The maximum atomic E-state index is 12.2. The molecular weight excluding hydrogens is 280 g/mol. The Morgan fingerprint density at radius 3 is 2.55 bits per heavy atom. The van der Waals surface area contributed by atoms with Crippen LogP contribution in [0.1, 0.15) is 18.6 Å². The van der Waals surface area contributed by atoms with Gasteiger partial charge in [-0.2, -0.15) is 8.78 Å². The number of hydrogen-bond donors (Lipinski definition) is 1. The lowest BCUT2D eigenvalue weighted by Crippen LogP contribution is -2.14. The summed E-state index contributed by atoms with van der Waals surface area (Å²) < 4.78 is 30.2. The second kappa shape index (κ2) is 5.97. The highest BCUT2D eigenvalue weighted by atomic mass is 32.2. The summed E-state index contributed by atoms with van der Waals surface area (Å²) in [4.78, 5) is 0.561. The highest BCUT2D eigenvalue weighted by molar-refractivity contribution is 7.99. The van der Waals surface area contributed by atoms with Crippen LogP contribution < -0.4 is 5.32 Å². The molecule has 0 radical (unpaired) electrons. The van der Waals surface area contributed by atoms with Crippen LogP contribution >= 0.6 is 11.8 Å². The highest BCUT2D eigenvalue weighted by Crippen LogP contribution is 2.29. The molecule has 1 aliphatic rings. The van der Waals surface area contributed by atoms with Crippen molar-refractivity contribution in [3.8, 4) is 11.3 Å². The van der Waals surface area contributed by atoms with Crippen molar-refractivity contribution in [2.45, 2.75) is 36.1 Å². The van der Waals surface area contributed by atoms with Crippen molar-refractivity contribution in [2.75, 3.05) is 0 Å². The van der Waals surface area contributed by atoms with E-state index in [1.165, 1.54) is 12.8 Å². The second-order valence-corrected chi connectivity index (χ2v) is 5.89. The molecule has 0 amide bonds. The quantitative estimate of drug-likeness (QED) is 0.794. The number of hydrogen-bond acceptors (Lipinski definition) is 3. The molecule has 0 spiro atoms. The minimum atomic E-state index is -2.38. The monoisotopic (exact) mass is 295 g/mol. The first-order chi connectivity index (χ1) is 9.70. The normalized spacial score (nSPS) is 14.9. The highest BCUT2D eigenvalue weighted by Gasteiger charge is 2.20. The first-order valence-electron chi connectivity index (χ1n) is 6.58.